The molecule has 0 spiro atoms. The molecule has 2 saturated heterocycles. The lowest BCUT2D eigenvalue weighted by Gasteiger charge is -2.32. The minimum Gasteiger partial charge on any atom is -0.338 e. The van der Waals surface area contributed by atoms with Crippen LogP contribution in [0.15, 0.2) is 0 Å². The predicted molar refractivity (Wildman–Crippen MR) is 108 cm³/mol. The number of urea groups is 1. The molecule has 0 bridgehead atoms. The van der Waals surface area contributed by atoms with Crippen molar-refractivity contribution in [3.63, 3.8) is 0 Å². The maximum Gasteiger partial charge on any atom is 0.315 e. The Labute approximate surface area is 168 Å². The van der Waals surface area contributed by atoms with Gasteiger partial charge in [-0.25, -0.2) is 4.79 Å². The van der Waals surface area contributed by atoms with E-state index in [2.05, 4.69) is 32.1 Å². The first-order valence-corrected chi connectivity index (χ1v) is 11.5. The third-order valence-corrected chi connectivity index (χ3v) is 6.58. The number of hydrogen-bond donors (Lipinski definition) is 6. The molecule has 4 rings (SSSR count). The van der Waals surface area contributed by atoms with E-state index in [0.29, 0.717) is 24.8 Å². The van der Waals surface area contributed by atoms with Crippen LogP contribution in [0, 0.1) is 11.8 Å². The molecule has 5 atom stereocenters. The average molecular weight is 395 g/mol. The van der Waals surface area contributed by atoms with Gasteiger partial charge in [-0.15, -0.1) is 0 Å². The molecule has 160 valence electrons. The molecule has 4 fully saturated rings. The van der Waals surface area contributed by atoms with Gasteiger partial charge in [0.05, 0.1) is 12.3 Å². The summed E-state index contributed by atoms with van der Waals surface area (Å²) in [5.74, 6) is 1.19. The van der Waals surface area contributed by atoms with E-state index in [9.17, 15) is 4.79 Å². The molecule has 2 aliphatic heterocycles. The van der Waals surface area contributed by atoms with Crippen LogP contribution in [0.5, 0.6) is 0 Å². The third-order valence-electron chi connectivity index (χ3n) is 6.58. The molecular weight excluding hydrogens is 356 g/mol. The Kier molecular flexibility index (Phi) is 7.42. The second-order valence-electron chi connectivity index (χ2n) is 8.97. The summed E-state index contributed by atoms with van der Waals surface area (Å²) in [7, 11) is 0. The van der Waals surface area contributed by atoms with Gasteiger partial charge >= 0.3 is 6.03 Å². The van der Waals surface area contributed by atoms with Crippen molar-refractivity contribution in [3.8, 4) is 0 Å². The van der Waals surface area contributed by atoms with Gasteiger partial charge in [-0.1, -0.05) is 6.42 Å². The minimum absolute atomic E-state index is 0.0317. The Balaban J connectivity index is 1.08. The summed E-state index contributed by atoms with van der Waals surface area (Å²) < 4.78 is 0. The summed E-state index contributed by atoms with van der Waals surface area (Å²) in [5.41, 5.74) is 3.16. The molecule has 0 radical (unpaired) electrons. The molecular formula is C20H38N6O2. The first-order chi connectivity index (χ1) is 13.8. The second-order valence-corrected chi connectivity index (χ2v) is 8.97. The summed E-state index contributed by atoms with van der Waals surface area (Å²) >= 11 is 0. The van der Waals surface area contributed by atoms with Crippen molar-refractivity contribution >= 4 is 6.03 Å². The van der Waals surface area contributed by atoms with Gasteiger partial charge in [0.1, 0.15) is 6.23 Å². The van der Waals surface area contributed by atoms with E-state index in [0.717, 1.165) is 51.1 Å². The Morgan fingerprint density at radius 1 is 1.00 bits per heavy atom. The van der Waals surface area contributed by atoms with Crippen LogP contribution in [0.25, 0.3) is 0 Å². The number of rotatable bonds is 8. The lowest BCUT2D eigenvalue weighted by atomic mass is 9.84. The van der Waals surface area contributed by atoms with Crippen molar-refractivity contribution in [2.24, 2.45) is 11.8 Å². The summed E-state index contributed by atoms with van der Waals surface area (Å²) in [6.07, 6.45) is 12.5. The van der Waals surface area contributed by atoms with Crippen molar-refractivity contribution in [2.75, 3.05) is 19.6 Å². The van der Waals surface area contributed by atoms with Gasteiger partial charge < -0.3 is 21.3 Å². The van der Waals surface area contributed by atoms with E-state index in [1.165, 1.54) is 32.1 Å². The topological polar surface area (TPSA) is 98.5 Å². The van der Waals surface area contributed by atoms with E-state index < -0.39 is 0 Å². The molecule has 2 saturated carbocycles. The van der Waals surface area contributed by atoms with Gasteiger partial charge in [0.2, 0.25) is 0 Å². The lowest BCUT2D eigenvalue weighted by molar-refractivity contribution is -0.0235. The summed E-state index contributed by atoms with van der Waals surface area (Å²) in [5, 5.41) is 16.8. The standard InChI is InChI=1S/C20H38N6O2/c27-20(23-12-4-11-22-17-7-1-2-10-21-17)24-16-6-3-5-15(13-16)19-25-18(26-28-19)14-8-9-14/h14-19,21-22,25-26H,1-13H2,(H2,23,24,27). The van der Waals surface area contributed by atoms with Gasteiger partial charge in [0, 0.05) is 18.5 Å². The molecule has 28 heavy (non-hydrogen) atoms. The van der Waals surface area contributed by atoms with Gasteiger partial charge in [-0.05, 0) is 76.8 Å². The van der Waals surface area contributed by atoms with E-state index in [1.54, 1.807) is 0 Å². The number of amides is 2. The Morgan fingerprint density at radius 3 is 2.75 bits per heavy atom. The summed E-state index contributed by atoms with van der Waals surface area (Å²) in [6.45, 7) is 2.75. The van der Waals surface area contributed by atoms with Gasteiger partial charge in [0.25, 0.3) is 0 Å². The highest BCUT2D eigenvalue weighted by Crippen LogP contribution is 2.35. The van der Waals surface area contributed by atoms with E-state index in [1.807, 2.05) is 0 Å². The smallest absolute Gasteiger partial charge is 0.315 e. The van der Waals surface area contributed by atoms with Crippen molar-refractivity contribution in [1.82, 2.24) is 32.1 Å². The normalized spacial score (nSPS) is 36.2. The molecule has 0 aromatic heterocycles. The van der Waals surface area contributed by atoms with Crippen LogP contribution in [0.4, 0.5) is 4.79 Å². The van der Waals surface area contributed by atoms with Crippen LogP contribution in [0.2, 0.25) is 0 Å². The first kappa shape index (κ1) is 20.3. The molecule has 2 aliphatic carbocycles. The monoisotopic (exact) mass is 394 g/mol. The molecule has 6 N–H and O–H groups in total. The average Bonchev–Trinajstić information content (AvgIpc) is 3.45. The zero-order chi connectivity index (χ0) is 19.2. The van der Waals surface area contributed by atoms with Crippen molar-refractivity contribution < 1.29 is 9.63 Å². The number of nitrogens with one attached hydrogen (secondary N) is 6. The number of carbonyl (C=O) groups excluding carboxylic acids is 1. The van der Waals surface area contributed by atoms with Gasteiger partial charge in [0.15, 0.2) is 0 Å². The molecule has 4 aliphatic rings. The van der Waals surface area contributed by atoms with Crippen LogP contribution >= 0.6 is 0 Å². The van der Waals surface area contributed by atoms with Crippen molar-refractivity contribution in [3.05, 3.63) is 0 Å². The third kappa shape index (κ3) is 6.03. The highest BCUT2D eigenvalue weighted by atomic mass is 16.7. The van der Waals surface area contributed by atoms with Crippen LogP contribution in [0.3, 0.4) is 0 Å². The number of hydrogen-bond acceptors (Lipinski definition) is 6. The molecule has 2 heterocycles. The quantitative estimate of drug-likeness (QED) is 0.345. The molecule has 2 amide bonds. The van der Waals surface area contributed by atoms with Crippen LogP contribution in [0.1, 0.15) is 64.2 Å². The maximum absolute atomic E-state index is 12.2. The Morgan fingerprint density at radius 2 is 1.93 bits per heavy atom. The van der Waals surface area contributed by atoms with Crippen LogP contribution in [-0.2, 0) is 4.84 Å². The van der Waals surface area contributed by atoms with E-state index in [-0.39, 0.29) is 18.3 Å². The fourth-order valence-corrected chi connectivity index (χ4v) is 4.75. The number of piperidine rings is 1. The largest absolute Gasteiger partial charge is 0.338 e. The number of hydroxylamine groups is 1. The second kappa shape index (κ2) is 10.2. The van der Waals surface area contributed by atoms with Crippen molar-refractivity contribution in [2.45, 2.75) is 88.8 Å². The fourth-order valence-electron chi connectivity index (χ4n) is 4.75. The molecule has 8 nitrogen and oxygen atoms in total. The highest BCUT2D eigenvalue weighted by Gasteiger charge is 2.40. The molecule has 8 heteroatoms. The highest BCUT2D eigenvalue weighted by molar-refractivity contribution is 5.74. The fraction of sp³-hybridized carbons (Fsp3) is 0.950. The number of carbonyl (C=O) groups is 1. The van der Waals surface area contributed by atoms with Crippen LogP contribution in [-0.4, -0.2) is 50.3 Å². The molecule has 0 aromatic carbocycles. The SMILES string of the molecule is O=C(NCCCNC1CCCCN1)NC1CCCC(C2NC(C3CC3)NO2)C1. The molecule has 5 unspecified atom stereocenters. The summed E-state index contributed by atoms with van der Waals surface area (Å²) in [4.78, 5) is 18.0. The van der Waals surface area contributed by atoms with Crippen LogP contribution < -0.4 is 32.1 Å². The Bertz CT molecular complexity index is 497. The minimum atomic E-state index is -0.0317. The maximum atomic E-state index is 12.2. The van der Waals surface area contributed by atoms with Gasteiger partial charge in [-0.3, -0.25) is 10.2 Å². The Hall–Kier alpha value is -0.930. The predicted octanol–water partition coefficient (Wildman–Crippen LogP) is 1.11. The van der Waals surface area contributed by atoms with E-state index >= 15 is 0 Å². The van der Waals surface area contributed by atoms with Gasteiger partial charge in [-0.2, -0.15) is 5.48 Å². The zero-order valence-electron chi connectivity index (χ0n) is 17.0. The van der Waals surface area contributed by atoms with Crippen molar-refractivity contribution in [1.29, 1.82) is 0 Å². The summed E-state index contributed by atoms with van der Waals surface area (Å²) in [6, 6.07) is 0.212. The first-order valence-electron chi connectivity index (χ1n) is 11.5. The zero-order valence-corrected chi connectivity index (χ0v) is 17.0. The van der Waals surface area contributed by atoms with E-state index in [4.69, 9.17) is 4.84 Å². The lowest BCUT2D eigenvalue weighted by Crippen LogP contribution is -2.48. The molecule has 0 aromatic rings.